The van der Waals surface area contributed by atoms with Gasteiger partial charge < -0.3 is 15.5 Å². The highest BCUT2D eigenvalue weighted by Gasteiger charge is 2.26. The van der Waals surface area contributed by atoms with Crippen molar-refractivity contribution in [3.63, 3.8) is 0 Å². The van der Waals surface area contributed by atoms with E-state index in [-0.39, 0.29) is 11.8 Å². The summed E-state index contributed by atoms with van der Waals surface area (Å²) in [5.74, 6) is -0.845. The third-order valence-electron chi connectivity index (χ3n) is 4.05. The van der Waals surface area contributed by atoms with Gasteiger partial charge in [-0.05, 0) is 30.2 Å². The molecule has 0 aromatic heterocycles. The van der Waals surface area contributed by atoms with Gasteiger partial charge in [-0.2, -0.15) is 0 Å². The van der Waals surface area contributed by atoms with Crippen molar-refractivity contribution in [3.05, 3.63) is 58.1 Å². The van der Waals surface area contributed by atoms with Crippen LogP contribution in [0.4, 0.5) is 11.4 Å². The summed E-state index contributed by atoms with van der Waals surface area (Å²) in [6.45, 7) is 3.73. The summed E-state index contributed by atoms with van der Waals surface area (Å²) < 4.78 is 0. The van der Waals surface area contributed by atoms with Crippen LogP contribution in [-0.2, 0) is 4.79 Å². The van der Waals surface area contributed by atoms with Gasteiger partial charge in [0.2, 0.25) is 5.91 Å². The lowest BCUT2D eigenvalue weighted by atomic mass is 10.0. The van der Waals surface area contributed by atoms with Crippen molar-refractivity contribution in [1.82, 2.24) is 5.32 Å². The molecule has 0 aliphatic rings. The molecule has 0 saturated carbocycles. The van der Waals surface area contributed by atoms with Crippen LogP contribution in [0.2, 0.25) is 10.0 Å². The lowest BCUT2D eigenvalue weighted by molar-refractivity contribution is -0.118. The Bertz CT molecular complexity index is 838. The Morgan fingerprint density at radius 1 is 0.963 bits per heavy atom. The van der Waals surface area contributed by atoms with Crippen molar-refractivity contribution < 1.29 is 9.59 Å². The van der Waals surface area contributed by atoms with Gasteiger partial charge in [0.1, 0.15) is 6.04 Å². The first-order valence-electron chi connectivity index (χ1n) is 8.54. The molecule has 2 N–H and O–H groups in total. The molecule has 2 rings (SSSR count). The SMILES string of the molecule is CC(C)C(NC(=O)c1ccccc1Cl)C(=O)Nc1cccc(Cl)c1N(C)C. The summed E-state index contributed by atoms with van der Waals surface area (Å²) in [4.78, 5) is 27.3. The van der Waals surface area contributed by atoms with Crippen LogP contribution in [0.25, 0.3) is 0 Å². The molecule has 0 radical (unpaired) electrons. The largest absolute Gasteiger partial charge is 0.375 e. The second-order valence-electron chi connectivity index (χ2n) is 6.69. The first kappa shape index (κ1) is 21.1. The molecule has 1 unspecified atom stereocenters. The number of hydrogen-bond acceptors (Lipinski definition) is 3. The number of halogens is 2. The molecular weight excluding hydrogens is 385 g/mol. The summed E-state index contributed by atoms with van der Waals surface area (Å²) in [6.07, 6.45) is 0. The van der Waals surface area contributed by atoms with Gasteiger partial charge in [-0.15, -0.1) is 0 Å². The molecule has 1 atom stereocenters. The van der Waals surface area contributed by atoms with E-state index in [1.807, 2.05) is 32.8 Å². The zero-order valence-corrected chi connectivity index (χ0v) is 17.2. The second-order valence-corrected chi connectivity index (χ2v) is 7.51. The van der Waals surface area contributed by atoms with Gasteiger partial charge in [-0.25, -0.2) is 0 Å². The van der Waals surface area contributed by atoms with E-state index >= 15 is 0 Å². The highest BCUT2D eigenvalue weighted by molar-refractivity contribution is 6.34. The van der Waals surface area contributed by atoms with Crippen LogP contribution in [-0.4, -0.2) is 32.0 Å². The molecule has 0 aliphatic heterocycles. The maximum absolute atomic E-state index is 12.9. The van der Waals surface area contributed by atoms with Crippen LogP contribution >= 0.6 is 23.2 Å². The smallest absolute Gasteiger partial charge is 0.253 e. The Morgan fingerprint density at radius 2 is 1.59 bits per heavy atom. The minimum Gasteiger partial charge on any atom is -0.375 e. The molecular formula is C20H23Cl2N3O2. The van der Waals surface area contributed by atoms with E-state index in [0.717, 1.165) is 0 Å². The van der Waals surface area contributed by atoms with Crippen LogP contribution in [0.15, 0.2) is 42.5 Å². The second kappa shape index (κ2) is 9.11. The molecule has 2 aromatic carbocycles. The van der Waals surface area contributed by atoms with E-state index in [1.165, 1.54) is 0 Å². The van der Waals surface area contributed by atoms with Gasteiger partial charge in [0.05, 0.1) is 27.0 Å². The molecule has 2 amide bonds. The molecule has 0 spiro atoms. The minimum absolute atomic E-state index is 0.126. The quantitative estimate of drug-likeness (QED) is 0.742. The Hall–Kier alpha value is -2.24. The number of nitrogens with zero attached hydrogens (tertiary/aromatic N) is 1. The van der Waals surface area contributed by atoms with Crippen LogP contribution in [0.5, 0.6) is 0 Å². The highest BCUT2D eigenvalue weighted by atomic mass is 35.5. The number of anilines is 2. The Kier molecular flexibility index (Phi) is 7.11. The first-order chi connectivity index (χ1) is 12.7. The molecule has 2 aromatic rings. The van der Waals surface area contributed by atoms with E-state index in [2.05, 4.69) is 10.6 Å². The highest BCUT2D eigenvalue weighted by Crippen LogP contribution is 2.32. The summed E-state index contributed by atoms with van der Waals surface area (Å²) in [5.41, 5.74) is 1.61. The molecule has 144 valence electrons. The van der Waals surface area contributed by atoms with Gasteiger partial charge in [-0.3, -0.25) is 9.59 Å². The van der Waals surface area contributed by atoms with Crippen LogP contribution in [0.1, 0.15) is 24.2 Å². The Balaban J connectivity index is 2.23. The predicted octanol–water partition coefficient (Wildman–Crippen LogP) is 4.45. The first-order valence-corrected chi connectivity index (χ1v) is 9.30. The minimum atomic E-state index is -0.734. The molecule has 7 heteroatoms. The molecule has 0 saturated heterocycles. The fourth-order valence-corrected chi connectivity index (χ4v) is 3.25. The average Bonchev–Trinajstić information content (AvgIpc) is 2.59. The van der Waals surface area contributed by atoms with E-state index in [1.54, 1.807) is 42.5 Å². The molecule has 0 bridgehead atoms. The molecule has 5 nitrogen and oxygen atoms in total. The Labute approximate surface area is 169 Å². The van der Waals surface area contributed by atoms with E-state index in [4.69, 9.17) is 23.2 Å². The fraction of sp³-hybridized carbons (Fsp3) is 0.300. The molecule has 27 heavy (non-hydrogen) atoms. The lowest BCUT2D eigenvalue weighted by Gasteiger charge is -2.24. The van der Waals surface area contributed by atoms with Crippen molar-refractivity contribution in [1.29, 1.82) is 0 Å². The standard InChI is InChI=1S/C20H23Cl2N3O2/c1-12(2)17(24-19(26)13-8-5-6-9-14(13)21)20(27)23-16-11-7-10-15(22)18(16)25(3)4/h5-12,17H,1-4H3,(H,23,27)(H,24,26). The van der Waals surface area contributed by atoms with Crippen molar-refractivity contribution in [2.45, 2.75) is 19.9 Å². The lowest BCUT2D eigenvalue weighted by Crippen LogP contribution is -2.47. The number of carbonyl (C=O) groups is 2. The topological polar surface area (TPSA) is 61.4 Å². The number of carbonyl (C=O) groups excluding carboxylic acids is 2. The van der Waals surface area contributed by atoms with Gasteiger partial charge in [-0.1, -0.05) is 55.2 Å². The van der Waals surface area contributed by atoms with Crippen molar-refractivity contribution in [2.75, 3.05) is 24.3 Å². The van der Waals surface area contributed by atoms with Gasteiger partial charge in [0.25, 0.3) is 5.91 Å². The van der Waals surface area contributed by atoms with Gasteiger partial charge in [0, 0.05) is 14.1 Å². The zero-order valence-electron chi connectivity index (χ0n) is 15.7. The third kappa shape index (κ3) is 5.15. The molecule has 0 fully saturated rings. The zero-order chi connectivity index (χ0) is 20.1. The fourth-order valence-electron chi connectivity index (χ4n) is 2.68. The van der Waals surface area contributed by atoms with Gasteiger partial charge in [0.15, 0.2) is 0 Å². The number of nitrogens with one attached hydrogen (secondary N) is 2. The van der Waals surface area contributed by atoms with E-state index < -0.39 is 11.9 Å². The van der Waals surface area contributed by atoms with Crippen LogP contribution < -0.4 is 15.5 Å². The van der Waals surface area contributed by atoms with Crippen molar-refractivity contribution in [2.24, 2.45) is 5.92 Å². The third-order valence-corrected chi connectivity index (χ3v) is 4.68. The van der Waals surface area contributed by atoms with Gasteiger partial charge >= 0.3 is 0 Å². The summed E-state index contributed by atoms with van der Waals surface area (Å²) in [7, 11) is 3.69. The number of rotatable bonds is 6. The van der Waals surface area contributed by atoms with Crippen molar-refractivity contribution in [3.8, 4) is 0 Å². The normalized spacial score (nSPS) is 11.8. The number of benzene rings is 2. The number of amides is 2. The van der Waals surface area contributed by atoms with E-state index in [9.17, 15) is 9.59 Å². The van der Waals surface area contributed by atoms with E-state index in [0.29, 0.717) is 27.0 Å². The summed E-state index contributed by atoms with van der Waals surface area (Å²) >= 11 is 12.3. The molecule has 0 heterocycles. The number of para-hydroxylation sites is 1. The maximum Gasteiger partial charge on any atom is 0.253 e. The van der Waals surface area contributed by atoms with Crippen LogP contribution in [0, 0.1) is 5.92 Å². The number of hydrogen-bond donors (Lipinski definition) is 2. The average molecular weight is 408 g/mol. The van der Waals surface area contributed by atoms with Crippen LogP contribution in [0.3, 0.4) is 0 Å². The maximum atomic E-state index is 12.9. The van der Waals surface area contributed by atoms with Crippen molar-refractivity contribution >= 4 is 46.4 Å². The Morgan fingerprint density at radius 3 is 2.19 bits per heavy atom. The monoisotopic (exact) mass is 407 g/mol. The summed E-state index contributed by atoms with van der Waals surface area (Å²) in [5, 5.41) is 6.51. The predicted molar refractivity (Wildman–Crippen MR) is 112 cm³/mol. The summed E-state index contributed by atoms with van der Waals surface area (Å²) in [6, 6.07) is 11.3. The molecule has 0 aliphatic carbocycles.